The summed E-state index contributed by atoms with van der Waals surface area (Å²) in [5.41, 5.74) is -4.49. The normalized spacial score (nSPS) is 42.9. The maximum atomic E-state index is 14.3. The summed E-state index contributed by atoms with van der Waals surface area (Å²) in [5, 5.41) is 71.6. The molecule has 0 unspecified atom stereocenters. The summed E-state index contributed by atoms with van der Waals surface area (Å²) in [4.78, 5) is 21.8. The van der Waals surface area contributed by atoms with Crippen LogP contribution in [0.5, 0.6) is 0 Å². The average molecular weight is 911 g/mol. The lowest BCUT2D eigenvalue weighted by Gasteiger charge is -2.49. The van der Waals surface area contributed by atoms with Gasteiger partial charge in [0.2, 0.25) is 6.79 Å². The van der Waals surface area contributed by atoms with Gasteiger partial charge in [-0.05, 0) is 81.3 Å². The van der Waals surface area contributed by atoms with Gasteiger partial charge in [-0.2, -0.15) is 0 Å². The minimum atomic E-state index is -1.97. The molecule has 6 N–H and O–H groups in total. The second kappa shape index (κ2) is 26.1. The van der Waals surface area contributed by atoms with E-state index in [0.717, 1.165) is 12.8 Å². The zero-order valence-electron chi connectivity index (χ0n) is 40.9. The molecule has 18 atom stereocenters. The van der Waals surface area contributed by atoms with Crippen LogP contribution in [0.3, 0.4) is 0 Å². The maximum absolute atomic E-state index is 14.3. The number of nitrogens with zero attached hydrogens (tertiary/aromatic N) is 2. The number of unbranched alkanes of at least 4 members (excludes halogenated alkanes) is 1. The summed E-state index contributed by atoms with van der Waals surface area (Å²) in [6, 6.07) is -0.328. The lowest BCUT2D eigenvalue weighted by Crippen LogP contribution is -2.61. The van der Waals surface area contributed by atoms with E-state index >= 15 is 0 Å². The molecule has 0 spiro atoms. The van der Waals surface area contributed by atoms with Gasteiger partial charge in [-0.3, -0.25) is 4.79 Å². The second-order valence-electron chi connectivity index (χ2n) is 18.8. The van der Waals surface area contributed by atoms with E-state index in [4.69, 9.17) is 47.8 Å². The Morgan fingerprint density at radius 1 is 0.889 bits per heavy atom. The van der Waals surface area contributed by atoms with Crippen LogP contribution in [-0.2, 0) is 47.5 Å². The van der Waals surface area contributed by atoms with Crippen molar-refractivity contribution in [2.75, 3.05) is 54.9 Å². The van der Waals surface area contributed by atoms with Crippen LogP contribution >= 0.6 is 0 Å². The van der Waals surface area contributed by atoms with Crippen molar-refractivity contribution in [3.8, 4) is 0 Å². The topological polar surface area (TPSA) is 237 Å². The first kappa shape index (κ1) is 57.5. The third-order valence-corrected chi connectivity index (χ3v) is 13.1. The number of aliphatic hydroxyl groups is 6. The highest BCUT2D eigenvalue weighted by Gasteiger charge is 2.53. The fraction of sp³-hybridized carbons (Fsp3) is 0.956. The van der Waals surface area contributed by atoms with E-state index < -0.39 is 102 Å². The van der Waals surface area contributed by atoms with E-state index in [0.29, 0.717) is 25.3 Å². The highest BCUT2D eigenvalue weighted by atomic mass is 16.7. The minimum absolute atomic E-state index is 0.0307. The third kappa shape index (κ3) is 15.5. The van der Waals surface area contributed by atoms with Crippen LogP contribution < -0.4 is 0 Å². The standard InChI is InChI=1S/C41H76N2O15.C4H10O/c1-15-29-41(10,49)34(45)24(4)31(42-53-21-52-17-16-50-13)22(2)19-39(8,48)36(58-38-32(44)28(43(11)12)18-23(3)54-38)25(5)33(26(6)37(47)56-29)57-30-20-40(9,51-14)35(46)27(7)55-30;1-2-3-4-5/h22-30,32-36,38,44-46,48-49H,15-21H2,1-14H3;5H,2-4H2,1H3/b42-31+;/t22-,23-,24+,25+,26-,27+,28+,29-,30+,32-,33+,34-,35+,36-,38+,39-,40-,41-;/m1./s1. The molecule has 3 fully saturated rings. The van der Waals surface area contributed by atoms with Gasteiger partial charge in [-0.1, -0.05) is 46.2 Å². The molecule has 0 saturated carbocycles. The predicted molar refractivity (Wildman–Crippen MR) is 234 cm³/mol. The molecule has 18 nitrogen and oxygen atoms in total. The van der Waals surface area contributed by atoms with Crippen molar-refractivity contribution < 1.29 is 78.2 Å². The summed E-state index contributed by atoms with van der Waals surface area (Å²) in [5.74, 6) is -4.14. The number of cyclic esters (lactones) is 1. The van der Waals surface area contributed by atoms with Gasteiger partial charge in [0, 0.05) is 51.0 Å². The number of hydrogen-bond donors (Lipinski definition) is 6. The van der Waals surface area contributed by atoms with Crippen molar-refractivity contribution in [3.05, 3.63) is 0 Å². The third-order valence-electron chi connectivity index (χ3n) is 13.1. The highest BCUT2D eigenvalue weighted by molar-refractivity contribution is 5.88. The van der Waals surface area contributed by atoms with E-state index in [1.807, 2.05) is 32.8 Å². The van der Waals surface area contributed by atoms with E-state index in [2.05, 4.69) is 12.1 Å². The molecule has 0 aromatic rings. The predicted octanol–water partition coefficient (Wildman–Crippen LogP) is 2.99. The Balaban J connectivity index is 0.00000257. The first-order valence-electron chi connectivity index (χ1n) is 22.8. The summed E-state index contributed by atoms with van der Waals surface area (Å²) in [6.45, 7) is 19.7. The molecule has 3 aliphatic heterocycles. The Morgan fingerprint density at radius 3 is 2.08 bits per heavy atom. The molecule has 372 valence electrons. The van der Waals surface area contributed by atoms with Gasteiger partial charge in [0.25, 0.3) is 0 Å². The second-order valence-corrected chi connectivity index (χ2v) is 18.8. The fourth-order valence-corrected chi connectivity index (χ4v) is 9.09. The van der Waals surface area contributed by atoms with Crippen LogP contribution in [-0.4, -0.2) is 186 Å². The Labute approximate surface area is 376 Å². The molecule has 0 aromatic carbocycles. The number of oxime groups is 1. The molecule has 0 bridgehead atoms. The minimum Gasteiger partial charge on any atom is -0.459 e. The first-order valence-corrected chi connectivity index (χ1v) is 22.8. The number of esters is 1. The van der Waals surface area contributed by atoms with E-state index in [1.165, 1.54) is 14.0 Å². The summed E-state index contributed by atoms with van der Waals surface area (Å²) >= 11 is 0. The molecule has 3 rings (SSSR count). The van der Waals surface area contributed by atoms with Gasteiger partial charge in [0.15, 0.2) is 12.6 Å². The molecular formula is C45H86N2O16. The lowest BCUT2D eigenvalue weighted by molar-refractivity contribution is -0.317. The van der Waals surface area contributed by atoms with Gasteiger partial charge in [0.05, 0.1) is 66.6 Å². The van der Waals surface area contributed by atoms with Crippen molar-refractivity contribution in [1.29, 1.82) is 0 Å². The highest BCUT2D eigenvalue weighted by Crippen LogP contribution is 2.41. The molecule has 18 heteroatoms. The van der Waals surface area contributed by atoms with E-state index in [-0.39, 0.29) is 44.8 Å². The van der Waals surface area contributed by atoms with Crippen molar-refractivity contribution in [2.24, 2.45) is 28.8 Å². The molecule has 0 aromatic heterocycles. The molecule has 3 saturated heterocycles. The van der Waals surface area contributed by atoms with Crippen LogP contribution in [0.4, 0.5) is 0 Å². The van der Waals surface area contributed by atoms with Gasteiger partial charge in [-0.25, -0.2) is 0 Å². The fourth-order valence-electron chi connectivity index (χ4n) is 9.09. The van der Waals surface area contributed by atoms with Gasteiger partial charge in [0.1, 0.15) is 23.9 Å². The van der Waals surface area contributed by atoms with Crippen LogP contribution in [0, 0.1) is 23.7 Å². The number of carbonyl (C=O) groups is 1. The quantitative estimate of drug-likeness (QED) is 0.0600. The number of methoxy groups -OCH3 is 2. The number of rotatable bonds is 15. The van der Waals surface area contributed by atoms with Gasteiger partial charge >= 0.3 is 5.97 Å². The number of hydrogen-bond acceptors (Lipinski definition) is 18. The van der Waals surface area contributed by atoms with Crippen LogP contribution in [0.15, 0.2) is 5.16 Å². The van der Waals surface area contributed by atoms with Crippen LogP contribution in [0.1, 0.15) is 115 Å². The Morgan fingerprint density at radius 2 is 1.54 bits per heavy atom. The number of aliphatic hydroxyl groups excluding tert-OH is 4. The largest absolute Gasteiger partial charge is 0.459 e. The van der Waals surface area contributed by atoms with Crippen molar-refractivity contribution in [3.63, 3.8) is 0 Å². The number of carbonyl (C=O) groups excluding carboxylic acids is 1. The number of ether oxygens (including phenoxy) is 8. The summed E-state index contributed by atoms with van der Waals surface area (Å²) in [6.07, 6.45) is -7.46. The SMILES string of the molecule is CCCCO.CC[C@H]1OC(=O)[C@H](C)[C@@H](O[C@H]2C[C@@](C)(OC)[C@@H](O)[C@H](C)O2)[C@H](C)[C@@H](O[C@@H]2O[C@H](C)C[C@H](N(C)C)[C@H]2O)[C@](C)(O)C[C@@H](C)/C(=N\OCOCCOC)[C@H](C)[C@@H](O)[C@]1(C)O. The summed E-state index contributed by atoms with van der Waals surface area (Å²) < 4.78 is 48.1. The van der Waals surface area contributed by atoms with Gasteiger partial charge in [-0.15, -0.1) is 0 Å². The molecule has 0 amide bonds. The Kier molecular flexibility index (Phi) is 23.8. The first-order chi connectivity index (χ1) is 29.4. The van der Waals surface area contributed by atoms with Gasteiger partial charge < -0.3 is 78.3 Å². The molecular weight excluding hydrogens is 824 g/mol. The smallest absolute Gasteiger partial charge is 0.311 e. The Hall–Kier alpha value is -1.62. The molecule has 0 radical (unpaired) electrons. The maximum Gasteiger partial charge on any atom is 0.311 e. The molecule has 3 aliphatic rings. The van der Waals surface area contributed by atoms with Crippen LogP contribution in [0.2, 0.25) is 0 Å². The van der Waals surface area contributed by atoms with Crippen molar-refractivity contribution in [2.45, 2.75) is 199 Å². The monoisotopic (exact) mass is 911 g/mol. The Bertz CT molecular complexity index is 1350. The molecule has 63 heavy (non-hydrogen) atoms. The zero-order valence-corrected chi connectivity index (χ0v) is 40.9. The van der Waals surface area contributed by atoms with E-state index in [1.54, 1.807) is 55.6 Å². The zero-order chi connectivity index (χ0) is 48.0. The molecule has 3 heterocycles. The van der Waals surface area contributed by atoms with E-state index in [9.17, 15) is 30.3 Å². The molecule has 0 aliphatic carbocycles. The van der Waals surface area contributed by atoms with Crippen molar-refractivity contribution >= 4 is 11.7 Å². The number of likely N-dealkylation sites (N-methyl/N-ethyl adjacent to an activating group) is 1. The van der Waals surface area contributed by atoms with Crippen LogP contribution in [0.25, 0.3) is 0 Å². The summed E-state index contributed by atoms with van der Waals surface area (Å²) in [7, 11) is 6.76. The lowest BCUT2D eigenvalue weighted by atomic mass is 9.73. The van der Waals surface area contributed by atoms with Crippen molar-refractivity contribution in [1.82, 2.24) is 4.90 Å². The average Bonchev–Trinajstić information content (AvgIpc) is 3.22.